The lowest BCUT2D eigenvalue weighted by atomic mass is 10.3. The lowest BCUT2D eigenvalue weighted by molar-refractivity contribution is -0.120. The number of nitrogens with zero attached hydrogens (tertiary/aromatic N) is 1. The van der Waals surface area contributed by atoms with Crippen molar-refractivity contribution in [2.75, 3.05) is 26.3 Å². The van der Waals surface area contributed by atoms with E-state index in [0.29, 0.717) is 18.2 Å². The van der Waals surface area contributed by atoms with E-state index in [1.165, 1.54) is 12.3 Å². The molecule has 2 N–H and O–H groups in total. The van der Waals surface area contributed by atoms with Gasteiger partial charge in [-0.3, -0.25) is 14.6 Å². The van der Waals surface area contributed by atoms with Crippen LogP contribution < -0.4 is 10.6 Å². The van der Waals surface area contributed by atoms with Gasteiger partial charge < -0.3 is 15.4 Å². The van der Waals surface area contributed by atoms with Crippen LogP contribution in [0.5, 0.6) is 0 Å². The molecule has 0 saturated heterocycles. The van der Waals surface area contributed by atoms with Crippen LogP contribution in [-0.2, 0) is 9.53 Å². The molecule has 22 heavy (non-hydrogen) atoms. The fraction of sp³-hybridized carbons (Fsp3) is 0.533. The number of ether oxygens (including phenoxy) is 1. The monoisotopic (exact) mass is 327 g/mol. The van der Waals surface area contributed by atoms with Gasteiger partial charge in [-0.2, -0.15) is 0 Å². The lowest BCUT2D eigenvalue weighted by Crippen LogP contribution is -2.37. The van der Waals surface area contributed by atoms with Crippen molar-refractivity contribution in [2.24, 2.45) is 0 Å². The van der Waals surface area contributed by atoms with E-state index in [2.05, 4.69) is 22.5 Å². The number of hydrogen-bond donors (Lipinski definition) is 2. The second kappa shape index (κ2) is 11.0. The van der Waals surface area contributed by atoms with Gasteiger partial charge in [-0.15, -0.1) is 0 Å². The summed E-state index contributed by atoms with van der Waals surface area (Å²) < 4.78 is 5.38. The molecule has 0 radical (unpaired) electrons. The Hall–Kier alpha value is -1.66. The van der Waals surface area contributed by atoms with Gasteiger partial charge in [0, 0.05) is 31.0 Å². The highest BCUT2D eigenvalue weighted by molar-refractivity contribution is 6.30. The van der Waals surface area contributed by atoms with Crippen LogP contribution in [0.1, 0.15) is 36.7 Å². The van der Waals surface area contributed by atoms with Crippen molar-refractivity contribution in [3.8, 4) is 0 Å². The van der Waals surface area contributed by atoms with Crippen molar-refractivity contribution in [3.05, 3.63) is 29.0 Å². The molecule has 0 bridgehead atoms. The molecule has 0 fully saturated rings. The number of carbonyl (C=O) groups excluding carboxylic acids is 2. The summed E-state index contributed by atoms with van der Waals surface area (Å²) in [5.41, 5.74) is 0.185. The summed E-state index contributed by atoms with van der Waals surface area (Å²) in [6, 6.07) is 3.02. The predicted molar refractivity (Wildman–Crippen MR) is 84.9 cm³/mol. The Morgan fingerprint density at radius 2 is 2.05 bits per heavy atom. The first kappa shape index (κ1) is 18.4. The number of halogens is 1. The molecule has 0 aliphatic rings. The molecule has 0 aromatic carbocycles. The van der Waals surface area contributed by atoms with Crippen LogP contribution in [0.3, 0.4) is 0 Å². The molecular formula is C15H22ClN3O3. The average molecular weight is 328 g/mol. The summed E-state index contributed by atoms with van der Waals surface area (Å²) in [5, 5.41) is 5.63. The minimum atomic E-state index is -0.430. The van der Waals surface area contributed by atoms with E-state index in [1.54, 1.807) is 6.07 Å². The van der Waals surface area contributed by atoms with E-state index in [9.17, 15) is 9.59 Å². The van der Waals surface area contributed by atoms with E-state index in [-0.39, 0.29) is 18.1 Å². The molecule has 1 aromatic heterocycles. The summed E-state index contributed by atoms with van der Waals surface area (Å²) in [6.45, 7) is 3.92. The second-order valence-corrected chi connectivity index (χ2v) is 5.15. The van der Waals surface area contributed by atoms with Crippen molar-refractivity contribution in [3.63, 3.8) is 0 Å². The zero-order valence-corrected chi connectivity index (χ0v) is 13.5. The Balaban J connectivity index is 2.11. The van der Waals surface area contributed by atoms with Crippen molar-refractivity contribution in [1.29, 1.82) is 0 Å². The molecule has 0 spiro atoms. The maximum atomic E-state index is 11.7. The third kappa shape index (κ3) is 7.95. The van der Waals surface area contributed by atoms with E-state index in [0.717, 1.165) is 25.9 Å². The Kier molecular flexibility index (Phi) is 9.18. The van der Waals surface area contributed by atoms with E-state index < -0.39 is 5.91 Å². The van der Waals surface area contributed by atoms with E-state index in [1.807, 2.05) is 0 Å². The van der Waals surface area contributed by atoms with Crippen LogP contribution in [0.4, 0.5) is 0 Å². The largest absolute Gasteiger partial charge is 0.381 e. The highest BCUT2D eigenvalue weighted by Gasteiger charge is 2.09. The zero-order chi connectivity index (χ0) is 16.2. The van der Waals surface area contributed by atoms with Gasteiger partial charge >= 0.3 is 0 Å². The van der Waals surface area contributed by atoms with Crippen molar-refractivity contribution in [1.82, 2.24) is 15.6 Å². The maximum absolute atomic E-state index is 11.7. The van der Waals surface area contributed by atoms with Crippen LogP contribution in [0.15, 0.2) is 18.3 Å². The zero-order valence-electron chi connectivity index (χ0n) is 12.7. The van der Waals surface area contributed by atoms with Gasteiger partial charge in [0.15, 0.2) is 0 Å². The third-order valence-electron chi connectivity index (χ3n) is 2.79. The van der Waals surface area contributed by atoms with Gasteiger partial charge in [-0.25, -0.2) is 0 Å². The fourth-order valence-corrected chi connectivity index (χ4v) is 1.75. The molecule has 122 valence electrons. The smallest absolute Gasteiger partial charge is 0.270 e. The van der Waals surface area contributed by atoms with E-state index in [4.69, 9.17) is 16.3 Å². The average Bonchev–Trinajstić information content (AvgIpc) is 2.51. The van der Waals surface area contributed by atoms with Crippen LogP contribution in [-0.4, -0.2) is 43.1 Å². The van der Waals surface area contributed by atoms with Crippen molar-refractivity contribution >= 4 is 23.4 Å². The molecule has 7 heteroatoms. The normalized spacial score (nSPS) is 10.3. The van der Waals surface area contributed by atoms with Crippen molar-refractivity contribution in [2.45, 2.75) is 26.2 Å². The van der Waals surface area contributed by atoms with Gasteiger partial charge in [-0.1, -0.05) is 24.9 Å². The first-order valence-electron chi connectivity index (χ1n) is 7.37. The standard InChI is InChI=1S/C15H22ClN3O3/c1-2-3-8-22-9-4-6-18-14(20)11-19-15(21)13-10-12(16)5-7-17-13/h5,7,10H,2-4,6,8-9,11H2,1H3,(H,18,20)(H,19,21). The summed E-state index contributed by atoms with van der Waals surface area (Å²) in [5.74, 6) is -0.676. The first-order valence-corrected chi connectivity index (χ1v) is 7.75. The molecule has 1 aromatic rings. The van der Waals surface area contributed by atoms with Crippen LogP contribution in [0.2, 0.25) is 5.02 Å². The molecule has 0 unspecified atom stereocenters. The quantitative estimate of drug-likeness (QED) is 0.642. The van der Waals surface area contributed by atoms with Crippen LogP contribution in [0.25, 0.3) is 0 Å². The molecule has 0 aliphatic carbocycles. The molecular weight excluding hydrogens is 306 g/mol. The molecule has 6 nitrogen and oxygen atoms in total. The van der Waals surface area contributed by atoms with Gasteiger partial charge in [0.1, 0.15) is 5.69 Å². The third-order valence-corrected chi connectivity index (χ3v) is 3.03. The van der Waals surface area contributed by atoms with Crippen LogP contribution >= 0.6 is 11.6 Å². The molecule has 1 rings (SSSR count). The Labute approximate surface area is 135 Å². The Morgan fingerprint density at radius 1 is 1.27 bits per heavy atom. The van der Waals surface area contributed by atoms with Gasteiger partial charge in [-0.05, 0) is 25.0 Å². The fourth-order valence-electron chi connectivity index (χ4n) is 1.59. The molecule has 1 heterocycles. The Morgan fingerprint density at radius 3 is 2.77 bits per heavy atom. The number of aromatic nitrogens is 1. The van der Waals surface area contributed by atoms with E-state index >= 15 is 0 Å². The lowest BCUT2D eigenvalue weighted by Gasteiger charge is -2.07. The van der Waals surface area contributed by atoms with Gasteiger partial charge in [0.25, 0.3) is 5.91 Å². The SMILES string of the molecule is CCCCOCCCNC(=O)CNC(=O)c1cc(Cl)ccn1. The predicted octanol–water partition coefficient (Wildman–Crippen LogP) is 1.79. The molecule has 0 saturated carbocycles. The van der Waals surface area contributed by atoms with Gasteiger partial charge in [0.05, 0.1) is 6.54 Å². The van der Waals surface area contributed by atoms with Crippen LogP contribution in [0, 0.1) is 0 Å². The summed E-state index contributed by atoms with van der Waals surface area (Å²) in [7, 11) is 0. The number of pyridine rings is 1. The summed E-state index contributed by atoms with van der Waals surface area (Å²) in [6.07, 6.45) is 4.35. The number of amides is 2. The maximum Gasteiger partial charge on any atom is 0.270 e. The molecule has 0 atom stereocenters. The topological polar surface area (TPSA) is 80.3 Å². The highest BCUT2D eigenvalue weighted by Crippen LogP contribution is 2.07. The number of rotatable bonds is 10. The minimum Gasteiger partial charge on any atom is -0.381 e. The Bertz CT molecular complexity index is 483. The minimum absolute atomic E-state index is 0.0935. The number of carbonyl (C=O) groups is 2. The number of nitrogens with one attached hydrogen (secondary N) is 2. The molecule has 0 aliphatic heterocycles. The second-order valence-electron chi connectivity index (χ2n) is 4.71. The summed E-state index contributed by atoms with van der Waals surface area (Å²) in [4.78, 5) is 27.2. The number of unbranched alkanes of at least 4 members (excludes halogenated alkanes) is 1. The van der Waals surface area contributed by atoms with Crippen molar-refractivity contribution < 1.29 is 14.3 Å². The molecule has 2 amide bonds. The summed E-state index contributed by atoms with van der Waals surface area (Å²) >= 11 is 5.77. The highest BCUT2D eigenvalue weighted by atomic mass is 35.5. The first-order chi connectivity index (χ1) is 10.6. The number of hydrogen-bond acceptors (Lipinski definition) is 4. The van der Waals surface area contributed by atoms with Gasteiger partial charge in [0.2, 0.25) is 5.91 Å².